The van der Waals surface area contributed by atoms with E-state index >= 15 is 0 Å². The Bertz CT molecular complexity index is 823. The fraction of sp³-hybridized carbons (Fsp3) is 0.375. The summed E-state index contributed by atoms with van der Waals surface area (Å²) in [5.74, 6) is 0. The SMILES string of the molecule is C.C.C.CC.CC.CCC.[CH3-].[CH3-].[Y].[Y].[Y].[Y].[Y].c1ccc2c(c1)Cc1cc3c(cc1-2)-c1ccccc1C3. The van der Waals surface area contributed by atoms with Gasteiger partial charge in [-0.15, -0.1) is 0 Å². The third-order valence-corrected chi connectivity index (χ3v) is 4.71. The van der Waals surface area contributed by atoms with Gasteiger partial charge in [0.2, 0.25) is 0 Å². The average molecular weight is 881 g/mol. The summed E-state index contributed by atoms with van der Waals surface area (Å²) in [4.78, 5) is 0. The van der Waals surface area contributed by atoms with Crippen LogP contribution in [-0.2, 0) is 176 Å². The Kier molecular flexibility index (Phi) is 60.7. The monoisotopic (exact) mass is 881 g/mol. The van der Waals surface area contributed by atoms with Crippen LogP contribution < -0.4 is 0 Å². The van der Waals surface area contributed by atoms with E-state index in [9.17, 15) is 0 Å². The molecule has 0 heterocycles. The predicted molar refractivity (Wildman–Crippen MR) is 155 cm³/mol. The molecule has 3 aromatic rings. The number of fused-ring (bicyclic) bond motifs is 6. The van der Waals surface area contributed by atoms with E-state index in [1.165, 1.54) is 50.9 Å². The van der Waals surface area contributed by atoms with Crippen molar-refractivity contribution < 1.29 is 164 Å². The maximum Gasteiger partial charge on any atom is 0 e. The van der Waals surface area contributed by atoms with Crippen molar-refractivity contribution in [2.75, 3.05) is 0 Å². The summed E-state index contributed by atoms with van der Waals surface area (Å²) in [5, 5.41) is 0. The van der Waals surface area contributed by atoms with E-state index < -0.39 is 0 Å². The molecule has 0 saturated carbocycles. The molecule has 2 aliphatic carbocycles. The zero-order valence-corrected chi connectivity index (χ0v) is 37.0. The Hall–Kier alpha value is 3.18. The minimum atomic E-state index is 0. The third kappa shape index (κ3) is 16.6. The van der Waals surface area contributed by atoms with Crippen molar-refractivity contribution in [1.82, 2.24) is 0 Å². The second kappa shape index (κ2) is 35.4. The molecule has 197 valence electrons. The molecule has 37 heavy (non-hydrogen) atoms. The topological polar surface area (TPSA) is 0 Å². The molecule has 0 spiro atoms. The van der Waals surface area contributed by atoms with Gasteiger partial charge in [-0.05, 0) is 63.4 Å². The van der Waals surface area contributed by atoms with Crippen molar-refractivity contribution in [2.24, 2.45) is 0 Å². The van der Waals surface area contributed by atoms with Gasteiger partial charge in [0.15, 0.2) is 0 Å². The summed E-state index contributed by atoms with van der Waals surface area (Å²) in [7, 11) is 0. The second-order valence-electron chi connectivity index (χ2n) is 6.54. The van der Waals surface area contributed by atoms with Gasteiger partial charge in [-0.25, -0.2) is 0 Å². The summed E-state index contributed by atoms with van der Waals surface area (Å²) in [6.07, 6.45) is 3.43. The smallest absolute Gasteiger partial charge is 0 e. The normalized spacial score (nSPS) is 8.16. The fourth-order valence-corrected chi connectivity index (χ4v) is 3.77. The second-order valence-corrected chi connectivity index (χ2v) is 6.54. The summed E-state index contributed by atoms with van der Waals surface area (Å²) in [6.45, 7) is 12.2. The molecule has 0 atom stereocenters. The zero-order valence-electron chi connectivity index (χ0n) is 22.8. The van der Waals surface area contributed by atoms with E-state index in [4.69, 9.17) is 0 Å². The van der Waals surface area contributed by atoms with Crippen molar-refractivity contribution in [2.45, 2.75) is 83.1 Å². The molecule has 0 nitrogen and oxygen atoms in total. The molecular formula is C32H52Y5-2. The molecule has 0 bridgehead atoms. The maximum atomic E-state index is 2.44. The van der Waals surface area contributed by atoms with Crippen LogP contribution in [0.2, 0.25) is 0 Å². The van der Waals surface area contributed by atoms with Gasteiger partial charge in [0.1, 0.15) is 0 Å². The standard InChI is InChI=1S/C20H14.C3H8.2C2H6.3CH4.2CH3.5Y/c1-3-7-17-13(5-1)9-15-11-16-10-14-6-2-4-8-18(14)20(16)12-19(15)17;1-3-2;2*1-2;;;;;;;;;;/h1-8,11-12H,9-10H2;3H2,1-2H3;2*1-2H3;3*1H4;2*1H3;;;;;/q;;;;;;;2*-1;;;;;. The average Bonchev–Trinajstić information content (AvgIpc) is 3.27. The summed E-state index contributed by atoms with van der Waals surface area (Å²) in [5.41, 5.74) is 11.7. The molecule has 0 amide bonds. The molecule has 5 radical (unpaired) electrons. The van der Waals surface area contributed by atoms with E-state index in [-0.39, 0.29) is 201 Å². The number of hydrogen-bond donors (Lipinski definition) is 0. The van der Waals surface area contributed by atoms with Crippen LogP contribution in [0.5, 0.6) is 0 Å². The van der Waals surface area contributed by atoms with Gasteiger partial charge in [0.25, 0.3) is 0 Å². The van der Waals surface area contributed by atoms with Gasteiger partial charge in [0.05, 0.1) is 0 Å². The molecule has 0 saturated heterocycles. The van der Waals surface area contributed by atoms with Crippen LogP contribution in [-0.4, -0.2) is 0 Å². The first-order valence-corrected chi connectivity index (χ1v) is 10.6. The van der Waals surface area contributed by atoms with E-state index in [1.54, 1.807) is 0 Å². The first-order valence-electron chi connectivity index (χ1n) is 10.6. The van der Waals surface area contributed by atoms with Gasteiger partial charge in [-0.2, -0.15) is 0 Å². The Labute approximate surface area is 360 Å². The number of rotatable bonds is 0. The molecule has 3 aromatic carbocycles. The van der Waals surface area contributed by atoms with Crippen LogP contribution >= 0.6 is 0 Å². The molecule has 0 aromatic heterocycles. The predicted octanol–water partition coefficient (Wildman–Crippen LogP) is 11.1. The Morgan fingerprint density at radius 3 is 1.03 bits per heavy atom. The summed E-state index contributed by atoms with van der Waals surface area (Å²) < 4.78 is 0. The van der Waals surface area contributed by atoms with E-state index in [0.29, 0.717) is 0 Å². The quantitative estimate of drug-likeness (QED) is 0.136. The van der Waals surface area contributed by atoms with E-state index in [1.807, 2.05) is 27.7 Å². The maximum absolute atomic E-state index is 2.44. The van der Waals surface area contributed by atoms with Crippen LogP contribution in [0.15, 0.2) is 60.7 Å². The van der Waals surface area contributed by atoms with Gasteiger partial charge >= 0.3 is 0 Å². The first kappa shape index (κ1) is 63.4. The fourth-order valence-electron chi connectivity index (χ4n) is 3.77. The molecule has 0 aliphatic heterocycles. The minimum Gasteiger partial charge on any atom is -0.358 e. The Balaban J connectivity index is -0.0000000611. The Morgan fingerprint density at radius 1 is 0.459 bits per heavy atom. The van der Waals surface area contributed by atoms with E-state index in [0.717, 1.165) is 12.8 Å². The van der Waals surface area contributed by atoms with Crippen molar-refractivity contribution in [3.8, 4) is 22.3 Å². The van der Waals surface area contributed by atoms with Crippen molar-refractivity contribution in [1.29, 1.82) is 0 Å². The molecule has 5 rings (SSSR count). The van der Waals surface area contributed by atoms with Crippen LogP contribution in [0.3, 0.4) is 0 Å². The van der Waals surface area contributed by atoms with Crippen molar-refractivity contribution in [3.63, 3.8) is 0 Å². The Morgan fingerprint density at radius 2 is 0.730 bits per heavy atom. The summed E-state index contributed by atoms with van der Waals surface area (Å²) >= 11 is 0. The molecule has 0 fully saturated rings. The minimum absolute atomic E-state index is 0. The molecule has 0 unspecified atom stereocenters. The molecule has 5 heteroatoms. The number of benzene rings is 3. The zero-order chi connectivity index (χ0) is 19.8. The van der Waals surface area contributed by atoms with Crippen LogP contribution in [0.1, 0.15) is 92.5 Å². The van der Waals surface area contributed by atoms with Gasteiger partial charge in [-0.1, -0.05) is 125 Å². The summed E-state index contributed by atoms with van der Waals surface area (Å²) in [6, 6.07) is 22.5. The van der Waals surface area contributed by atoms with Crippen LogP contribution in [0.4, 0.5) is 0 Å². The largest absolute Gasteiger partial charge is 0.358 e. The molecule has 2 aliphatic rings. The van der Waals surface area contributed by atoms with Gasteiger partial charge < -0.3 is 14.9 Å². The first-order chi connectivity index (χ1) is 13.3. The van der Waals surface area contributed by atoms with Crippen molar-refractivity contribution >= 4 is 0 Å². The molecule has 0 N–H and O–H groups in total. The molecular weight excluding hydrogens is 829 g/mol. The van der Waals surface area contributed by atoms with Crippen LogP contribution in [0, 0.1) is 14.9 Å². The number of hydrogen-bond acceptors (Lipinski definition) is 0. The van der Waals surface area contributed by atoms with E-state index in [2.05, 4.69) is 74.5 Å². The van der Waals surface area contributed by atoms with Gasteiger partial charge in [-0.3, -0.25) is 0 Å². The van der Waals surface area contributed by atoms with Gasteiger partial charge in [0, 0.05) is 164 Å². The van der Waals surface area contributed by atoms with Crippen molar-refractivity contribution in [3.05, 3.63) is 97.8 Å². The third-order valence-electron chi connectivity index (χ3n) is 4.71. The van der Waals surface area contributed by atoms with Crippen LogP contribution in [0.25, 0.3) is 22.3 Å².